The molecule has 0 aliphatic rings. The molecule has 0 spiro atoms. The highest BCUT2D eigenvalue weighted by Crippen LogP contribution is 2.31. The van der Waals surface area contributed by atoms with E-state index in [-0.39, 0.29) is 11.7 Å². The number of methoxy groups -OCH3 is 1. The number of nitrogens with one attached hydrogen (secondary N) is 1. The highest BCUT2D eigenvalue weighted by atomic mass is 32.2. The number of nitrogens with zero attached hydrogens (tertiary/aromatic N) is 4. The van der Waals surface area contributed by atoms with Crippen molar-refractivity contribution in [2.24, 2.45) is 0 Å². The van der Waals surface area contributed by atoms with Gasteiger partial charge < -0.3 is 14.6 Å². The molecule has 3 aromatic carbocycles. The second kappa shape index (κ2) is 10.5. The summed E-state index contributed by atoms with van der Waals surface area (Å²) in [6.45, 7) is 4.81. The fourth-order valence-corrected chi connectivity index (χ4v) is 5.71. The largest absolute Gasteiger partial charge is 0.497 e. The van der Waals surface area contributed by atoms with Crippen LogP contribution < -0.4 is 10.1 Å². The Bertz CT molecular complexity index is 1530. The number of aryl methyl sites for hydroxylation is 1. The summed E-state index contributed by atoms with van der Waals surface area (Å²) in [5.41, 5.74) is 4.92. The van der Waals surface area contributed by atoms with Gasteiger partial charge in [0.25, 0.3) is 0 Å². The number of rotatable bonds is 8. The molecule has 9 heteroatoms. The van der Waals surface area contributed by atoms with Crippen LogP contribution in [0.5, 0.6) is 5.75 Å². The number of aromatic nitrogens is 4. The number of ether oxygens (including phenoxy) is 1. The summed E-state index contributed by atoms with van der Waals surface area (Å²) in [7, 11) is 1.64. The van der Waals surface area contributed by atoms with Gasteiger partial charge in [-0.05, 0) is 67.9 Å². The standard InChI is InChI=1S/C27H25N5O2S2/c1-4-32-25(19-6-5-7-21(15-19)34-3)30-31-27(32)35-16-24(33)28-20-11-9-18(10-12-20)26-29-22-13-8-17(2)14-23(22)36-26/h5-15H,4,16H2,1-3H3,(H,28,33). The van der Waals surface area contributed by atoms with E-state index < -0.39 is 0 Å². The summed E-state index contributed by atoms with van der Waals surface area (Å²) < 4.78 is 8.50. The summed E-state index contributed by atoms with van der Waals surface area (Å²) >= 11 is 3.04. The first-order valence-electron chi connectivity index (χ1n) is 11.5. The number of anilines is 1. The van der Waals surface area contributed by atoms with Gasteiger partial charge in [-0.25, -0.2) is 4.98 Å². The molecule has 0 unspecified atom stereocenters. The summed E-state index contributed by atoms with van der Waals surface area (Å²) in [5.74, 6) is 1.64. The molecular formula is C27H25N5O2S2. The molecule has 2 aromatic heterocycles. The first kappa shape index (κ1) is 24.0. The van der Waals surface area contributed by atoms with Crippen molar-refractivity contribution in [2.45, 2.75) is 25.5 Å². The van der Waals surface area contributed by atoms with Crippen LogP contribution in [0, 0.1) is 6.92 Å². The van der Waals surface area contributed by atoms with Gasteiger partial charge >= 0.3 is 0 Å². The minimum atomic E-state index is -0.100. The molecule has 1 N–H and O–H groups in total. The van der Waals surface area contributed by atoms with Crippen molar-refractivity contribution in [2.75, 3.05) is 18.2 Å². The zero-order valence-corrected chi connectivity index (χ0v) is 21.8. The second-order valence-electron chi connectivity index (χ2n) is 8.19. The monoisotopic (exact) mass is 515 g/mol. The van der Waals surface area contributed by atoms with Crippen LogP contribution in [0.1, 0.15) is 12.5 Å². The number of carbonyl (C=O) groups excluding carboxylic acids is 1. The molecule has 0 aliphatic carbocycles. The quantitative estimate of drug-likeness (QED) is 0.245. The molecule has 2 heterocycles. The Morgan fingerprint density at radius 2 is 1.89 bits per heavy atom. The first-order valence-corrected chi connectivity index (χ1v) is 13.3. The molecule has 0 saturated heterocycles. The van der Waals surface area contributed by atoms with Gasteiger partial charge in [-0.15, -0.1) is 21.5 Å². The summed E-state index contributed by atoms with van der Waals surface area (Å²) in [5, 5.41) is 13.3. The number of thiazole rings is 1. The Morgan fingerprint density at radius 3 is 2.67 bits per heavy atom. The number of benzene rings is 3. The Morgan fingerprint density at radius 1 is 1.06 bits per heavy atom. The van der Waals surface area contributed by atoms with Crippen LogP contribution in [0.4, 0.5) is 5.69 Å². The number of amides is 1. The smallest absolute Gasteiger partial charge is 0.234 e. The maximum Gasteiger partial charge on any atom is 0.234 e. The van der Waals surface area contributed by atoms with Crippen molar-refractivity contribution >= 4 is 44.9 Å². The molecule has 0 atom stereocenters. The Labute approximate surface area is 217 Å². The van der Waals surface area contributed by atoms with Crippen LogP contribution in [-0.2, 0) is 11.3 Å². The number of hydrogen-bond acceptors (Lipinski definition) is 7. The minimum Gasteiger partial charge on any atom is -0.497 e. The lowest BCUT2D eigenvalue weighted by atomic mass is 10.2. The highest BCUT2D eigenvalue weighted by Gasteiger charge is 2.15. The molecule has 0 aliphatic heterocycles. The average Bonchev–Trinajstić information content (AvgIpc) is 3.51. The number of fused-ring (bicyclic) bond motifs is 1. The molecule has 1 amide bonds. The molecule has 0 bridgehead atoms. The SMILES string of the molecule is CCn1c(SCC(=O)Nc2ccc(-c3nc4ccc(C)cc4s3)cc2)nnc1-c1cccc(OC)c1. The van der Waals surface area contributed by atoms with Crippen molar-refractivity contribution in [1.29, 1.82) is 0 Å². The lowest BCUT2D eigenvalue weighted by Crippen LogP contribution is -2.14. The summed E-state index contributed by atoms with van der Waals surface area (Å²) in [6, 6.07) is 21.8. The molecule has 182 valence electrons. The molecule has 5 aromatic rings. The van der Waals surface area contributed by atoms with E-state index in [1.54, 1.807) is 18.4 Å². The fourth-order valence-electron chi connectivity index (χ4n) is 3.83. The van der Waals surface area contributed by atoms with Gasteiger partial charge in [-0.3, -0.25) is 4.79 Å². The van der Waals surface area contributed by atoms with Gasteiger partial charge in [0.1, 0.15) is 10.8 Å². The van der Waals surface area contributed by atoms with Crippen molar-refractivity contribution in [1.82, 2.24) is 19.7 Å². The van der Waals surface area contributed by atoms with Crippen LogP contribution in [0.3, 0.4) is 0 Å². The minimum absolute atomic E-state index is 0.100. The predicted octanol–water partition coefficient (Wildman–Crippen LogP) is 6.29. The third-order valence-corrected chi connectivity index (χ3v) is 7.69. The lowest BCUT2D eigenvalue weighted by molar-refractivity contribution is -0.113. The Balaban J connectivity index is 1.23. The zero-order valence-electron chi connectivity index (χ0n) is 20.2. The van der Waals surface area contributed by atoms with Crippen LogP contribution in [0.25, 0.3) is 32.2 Å². The average molecular weight is 516 g/mol. The van der Waals surface area contributed by atoms with Crippen molar-refractivity contribution < 1.29 is 9.53 Å². The maximum absolute atomic E-state index is 12.6. The highest BCUT2D eigenvalue weighted by molar-refractivity contribution is 7.99. The van der Waals surface area contributed by atoms with Gasteiger partial charge in [0.15, 0.2) is 11.0 Å². The van der Waals surface area contributed by atoms with E-state index >= 15 is 0 Å². The van der Waals surface area contributed by atoms with E-state index in [0.717, 1.165) is 38.9 Å². The van der Waals surface area contributed by atoms with Gasteiger partial charge in [0.2, 0.25) is 5.91 Å². The Kier molecular flexibility index (Phi) is 7.02. The molecule has 0 fully saturated rings. The molecule has 5 rings (SSSR count). The molecule has 7 nitrogen and oxygen atoms in total. The fraction of sp³-hybridized carbons (Fsp3) is 0.185. The van der Waals surface area contributed by atoms with E-state index in [9.17, 15) is 4.79 Å². The third-order valence-electron chi connectivity index (χ3n) is 5.65. The zero-order chi connectivity index (χ0) is 25.1. The van der Waals surface area contributed by atoms with Crippen LogP contribution in [0.2, 0.25) is 0 Å². The lowest BCUT2D eigenvalue weighted by Gasteiger charge is -2.09. The molecule has 0 saturated carbocycles. The van der Waals surface area contributed by atoms with Crippen LogP contribution in [-0.4, -0.2) is 38.5 Å². The number of carbonyl (C=O) groups is 1. The van der Waals surface area contributed by atoms with E-state index in [1.165, 1.54) is 22.0 Å². The van der Waals surface area contributed by atoms with E-state index in [0.29, 0.717) is 11.7 Å². The molecule has 0 radical (unpaired) electrons. The van der Waals surface area contributed by atoms with Gasteiger partial charge in [-0.1, -0.05) is 30.0 Å². The van der Waals surface area contributed by atoms with E-state index in [1.807, 2.05) is 60.0 Å². The molecule has 36 heavy (non-hydrogen) atoms. The first-order chi connectivity index (χ1) is 17.5. The van der Waals surface area contributed by atoms with Gasteiger partial charge in [-0.2, -0.15) is 0 Å². The van der Waals surface area contributed by atoms with Gasteiger partial charge in [0.05, 0.1) is 23.1 Å². The van der Waals surface area contributed by atoms with Gasteiger partial charge in [0, 0.05) is 23.4 Å². The predicted molar refractivity (Wildman–Crippen MR) is 147 cm³/mol. The topological polar surface area (TPSA) is 81.9 Å². The number of hydrogen-bond donors (Lipinski definition) is 1. The van der Waals surface area contributed by atoms with Crippen LogP contribution >= 0.6 is 23.1 Å². The summed E-state index contributed by atoms with van der Waals surface area (Å²) in [4.78, 5) is 17.4. The third kappa shape index (κ3) is 5.12. The van der Waals surface area contributed by atoms with Crippen LogP contribution in [0.15, 0.2) is 71.9 Å². The summed E-state index contributed by atoms with van der Waals surface area (Å²) in [6.07, 6.45) is 0. The Hall–Kier alpha value is -3.69. The normalized spacial score (nSPS) is 11.1. The maximum atomic E-state index is 12.6. The van der Waals surface area contributed by atoms with Crippen molar-refractivity contribution in [3.63, 3.8) is 0 Å². The molecular weight excluding hydrogens is 490 g/mol. The van der Waals surface area contributed by atoms with E-state index in [4.69, 9.17) is 9.72 Å². The van der Waals surface area contributed by atoms with E-state index in [2.05, 4.69) is 40.6 Å². The second-order valence-corrected chi connectivity index (χ2v) is 10.2. The van der Waals surface area contributed by atoms with Crippen molar-refractivity contribution in [3.05, 3.63) is 72.3 Å². The van der Waals surface area contributed by atoms with Crippen molar-refractivity contribution in [3.8, 4) is 27.7 Å². The number of thioether (sulfide) groups is 1.